The van der Waals surface area contributed by atoms with Crippen LogP contribution >= 0.6 is 11.3 Å². The Morgan fingerprint density at radius 1 is 1.03 bits per heavy atom. The van der Waals surface area contributed by atoms with Gasteiger partial charge in [-0.1, -0.05) is 24.3 Å². The van der Waals surface area contributed by atoms with Crippen LogP contribution in [0.3, 0.4) is 0 Å². The Labute approximate surface area is 183 Å². The van der Waals surface area contributed by atoms with Gasteiger partial charge < -0.3 is 14.8 Å². The Hall–Kier alpha value is -3.71. The van der Waals surface area contributed by atoms with Gasteiger partial charge in [-0.2, -0.15) is 0 Å². The molecule has 7 heteroatoms. The summed E-state index contributed by atoms with van der Waals surface area (Å²) in [4.78, 5) is 30.6. The Balaban J connectivity index is 1.53. The minimum absolute atomic E-state index is 0.348. The smallest absolute Gasteiger partial charge is 0.339 e. The molecule has 4 rings (SSSR count). The summed E-state index contributed by atoms with van der Waals surface area (Å²) in [6.07, 6.45) is 0. The number of nitrogens with one attached hydrogen (secondary N) is 1. The molecule has 0 aliphatic rings. The van der Waals surface area contributed by atoms with Crippen molar-refractivity contribution in [3.05, 3.63) is 82.6 Å². The number of rotatable bonds is 7. The number of para-hydroxylation sites is 1. The number of hydrogen-bond acceptors (Lipinski definition) is 6. The van der Waals surface area contributed by atoms with Gasteiger partial charge in [-0.25, -0.2) is 9.78 Å². The first-order chi connectivity index (χ1) is 15.1. The molecule has 2 heterocycles. The van der Waals surface area contributed by atoms with Gasteiger partial charge in [-0.05, 0) is 47.8 Å². The van der Waals surface area contributed by atoms with E-state index in [9.17, 15) is 9.59 Å². The van der Waals surface area contributed by atoms with Crippen LogP contribution in [0.5, 0.6) is 5.75 Å². The highest BCUT2D eigenvalue weighted by atomic mass is 32.1. The van der Waals surface area contributed by atoms with Gasteiger partial charge in [-0.3, -0.25) is 4.79 Å². The highest BCUT2D eigenvalue weighted by molar-refractivity contribution is 7.09. The maximum Gasteiger partial charge on any atom is 0.339 e. The van der Waals surface area contributed by atoms with E-state index in [1.54, 1.807) is 24.5 Å². The molecule has 0 fully saturated rings. The maximum absolute atomic E-state index is 12.8. The molecule has 2 aromatic carbocycles. The summed E-state index contributed by atoms with van der Waals surface area (Å²) in [5, 5.41) is 5.36. The van der Waals surface area contributed by atoms with Gasteiger partial charge in [0.05, 0.1) is 30.4 Å². The van der Waals surface area contributed by atoms with E-state index < -0.39 is 5.97 Å². The standard InChI is InChI=1S/C24H20N2O4S/c1-29-17-10-8-16(9-11-17)22-13-20(19-6-2-3-7-21(19)26-22)24(28)30-15-23(27)25-14-18-5-4-12-31-18/h2-13H,14-15H2,1H3,(H,25,27). The van der Waals surface area contributed by atoms with E-state index >= 15 is 0 Å². The van der Waals surface area contributed by atoms with E-state index in [1.165, 1.54) is 0 Å². The monoisotopic (exact) mass is 432 g/mol. The highest BCUT2D eigenvalue weighted by Gasteiger charge is 2.16. The zero-order valence-electron chi connectivity index (χ0n) is 16.8. The van der Waals surface area contributed by atoms with Gasteiger partial charge in [0.15, 0.2) is 6.61 Å². The van der Waals surface area contributed by atoms with Gasteiger partial charge in [-0.15, -0.1) is 11.3 Å². The van der Waals surface area contributed by atoms with Crippen LogP contribution in [0.15, 0.2) is 72.1 Å². The van der Waals surface area contributed by atoms with Crippen LogP contribution in [0.2, 0.25) is 0 Å². The molecule has 2 aromatic heterocycles. The molecule has 4 aromatic rings. The number of nitrogens with zero attached hydrogens (tertiary/aromatic N) is 1. The molecule has 0 aliphatic carbocycles. The molecular weight excluding hydrogens is 412 g/mol. The van der Waals surface area contributed by atoms with Crippen molar-refractivity contribution in [2.24, 2.45) is 0 Å². The van der Waals surface area contributed by atoms with Crippen LogP contribution in [0.4, 0.5) is 0 Å². The molecule has 1 amide bonds. The van der Waals surface area contributed by atoms with Crippen molar-refractivity contribution in [2.75, 3.05) is 13.7 Å². The average molecular weight is 433 g/mol. The number of aromatic nitrogens is 1. The number of thiophene rings is 1. The molecule has 0 spiro atoms. The number of carbonyl (C=O) groups excluding carboxylic acids is 2. The van der Waals surface area contributed by atoms with E-state index in [0.29, 0.717) is 28.7 Å². The summed E-state index contributed by atoms with van der Waals surface area (Å²) < 4.78 is 10.5. The summed E-state index contributed by atoms with van der Waals surface area (Å²) in [6.45, 7) is 0.0621. The number of hydrogen-bond donors (Lipinski definition) is 1. The van der Waals surface area contributed by atoms with Gasteiger partial charge in [0.1, 0.15) is 5.75 Å². The Morgan fingerprint density at radius 3 is 2.58 bits per heavy atom. The molecule has 0 radical (unpaired) electrons. The summed E-state index contributed by atoms with van der Waals surface area (Å²) in [6, 6.07) is 20.3. The lowest BCUT2D eigenvalue weighted by Crippen LogP contribution is -2.28. The topological polar surface area (TPSA) is 77.5 Å². The Kier molecular flexibility index (Phi) is 6.24. The SMILES string of the molecule is COc1ccc(-c2cc(C(=O)OCC(=O)NCc3cccs3)c3ccccc3n2)cc1. The first-order valence-electron chi connectivity index (χ1n) is 9.64. The van der Waals surface area contributed by atoms with Crippen LogP contribution in [0.1, 0.15) is 15.2 Å². The number of esters is 1. The number of carbonyl (C=O) groups is 2. The van der Waals surface area contributed by atoms with E-state index in [-0.39, 0.29) is 12.5 Å². The van der Waals surface area contributed by atoms with E-state index in [4.69, 9.17) is 9.47 Å². The molecule has 0 unspecified atom stereocenters. The highest BCUT2D eigenvalue weighted by Crippen LogP contribution is 2.26. The number of pyridine rings is 1. The van der Waals surface area contributed by atoms with Gasteiger partial charge in [0.25, 0.3) is 5.91 Å². The third kappa shape index (κ3) is 4.90. The first kappa shape index (κ1) is 20.6. The van der Waals surface area contributed by atoms with Gasteiger partial charge in [0.2, 0.25) is 0 Å². The van der Waals surface area contributed by atoms with E-state index in [2.05, 4.69) is 10.3 Å². The molecule has 6 nitrogen and oxygen atoms in total. The zero-order chi connectivity index (χ0) is 21.6. The molecule has 156 valence electrons. The van der Waals surface area contributed by atoms with Crippen LogP contribution in [-0.2, 0) is 16.1 Å². The molecule has 0 aliphatic heterocycles. The van der Waals surface area contributed by atoms with Crippen molar-refractivity contribution < 1.29 is 19.1 Å². The largest absolute Gasteiger partial charge is 0.497 e. The van der Waals surface area contributed by atoms with Crippen molar-refractivity contribution in [1.29, 1.82) is 0 Å². The Morgan fingerprint density at radius 2 is 1.84 bits per heavy atom. The zero-order valence-corrected chi connectivity index (χ0v) is 17.6. The third-order valence-electron chi connectivity index (χ3n) is 4.70. The number of methoxy groups -OCH3 is 1. The van der Waals surface area contributed by atoms with Crippen molar-refractivity contribution in [3.63, 3.8) is 0 Å². The molecule has 0 saturated carbocycles. The summed E-state index contributed by atoms with van der Waals surface area (Å²) in [7, 11) is 1.61. The number of amides is 1. The second-order valence-corrected chi connectivity index (χ2v) is 7.77. The molecule has 1 N–H and O–H groups in total. The van der Waals surface area contributed by atoms with E-state index in [0.717, 1.165) is 16.2 Å². The van der Waals surface area contributed by atoms with Crippen molar-refractivity contribution in [3.8, 4) is 17.0 Å². The fourth-order valence-electron chi connectivity index (χ4n) is 3.11. The maximum atomic E-state index is 12.8. The summed E-state index contributed by atoms with van der Waals surface area (Å²) in [5.41, 5.74) is 2.51. The number of ether oxygens (including phenoxy) is 2. The fourth-order valence-corrected chi connectivity index (χ4v) is 3.76. The van der Waals surface area contributed by atoms with Crippen molar-refractivity contribution in [1.82, 2.24) is 10.3 Å². The summed E-state index contributed by atoms with van der Waals surface area (Å²) >= 11 is 1.55. The lowest BCUT2D eigenvalue weighted by Gasteiger charge is -2.11. The van der Waals surface area contributed by atoms with Crippen molar-refractivity contribution in [2.45, 2.75) is 6.54 Å². The predicted octanol–water partition coefficient (Wildman–Crippen LogP) is 4.45. The lowest BCUT2D eigenvalue weighted by atomic mass is 10.0. The van der Waals surface area contributed by atoms with Crippen LogP contribution < -0.4 is 10.1 Å². The molecule has 0 saturated heterocycles. The average Bonchev–Trinajstić information content (AvgIpc) is 3.34. The number of fused-ring (bicyclic) bond motifs is 1. The van der Waals surface area contributed by atoms with Crippen LogP contribution in [-0.4, -0.2) is 30.6 Å². The molecular formula is C24H20N2O4S. The summed E-state index contributed by atoms with van der Waals surface area (Å²) in [5.74, 6) is -0.187. The quantitative estimate of drug-likeness (QED) is 0.437. The molecule has 0 atom stereocenters. The number of benzene rings is 2. The normalized spacial score (nSPS) is 10.6. The fraction of sp³-hybridized carbons (Fsp3) is 0.125. The van der Waals surface area contributed by atoms with Crippen LogP contribution in [0, 0.1) is 0 Å². The lowest BCUT2D eigenvalue weighted by molar-refractivity contribution is -0.124. The Bertz CT molecular complexity index is 1200. The molecule has 0 bridgehead atoms. The van der Waals surface area contributed by atoms with Gasteiger partial charge >= 0.3 is 5.97 Å². The second-order valence-electron chi connectivity index (χ2n) is 6.73. The minimum Gasteiger partial charge on any atom is -0.497 e. The van der Waals surface area contributed by atoms with Crippen molar-refractivity contribution >= 4 is 34.1 Å². The van der Waals surface area contributed by atoms with E-state index in [1.807, 2.05) is 66.0 Å². The first-order valence-corrected chi connectivity index (χ1v) is 10.5. The molecule has 31 heavy (non-hydrogen) atoms. The van der Waals surface area contributed by atoms with Gasteiger partial charge in [0, 0.05) is 15.8 Å². The third-order valence-corrected chi connectivity index (χ3v) is 5.57. The predicted molar refractivity (Wildman–Crippen MR) is 120 cm³/mol. The second kappa shape index (κ2) is 9.40. The minimum atomic E-state index is -0.570. The van der Waals surface area contributed by atoms with Crippen LogP contribution in [0.25, 0.3) is 22.2 Å².